The maximum Gasteiger partial charge on any atom is 0.0904 e. The van der Waals surface area contributed by atoms with Gasteiger partial charge in [-0.3, -0.25) is 0 Å². The molecule has 0 saturated heterocycles. The van der Waals surface area contributed by atoms with Crippen LogP contribution in [0.1, 0.15) is 18.3 Å². The zero-order valence-corrected chi connectivity index (χ0v) is 20.9. The number of rotatable bonds is 8. The van der Waals surface area contributed by atoms with Gasteiger partial charge in [0.05, 0.1) is 12.0 Å². The summed E-state index contributed by atoms with van der Waals surface area (Å²) in [5.74, 6) is 0. The lowest BCUT2D eigenvalue weighted by molar-refractivity contribution is 0.697. The van der Waals surface area contributed by atoms with E-state index in [1.54, 1.807) is 0 Å². The van der Waals surface area contributed by atoms with E-state index in [1.165, 1.54) is 21.2 Å². The van der Waals surface area contributed by atoms with Gasteiger partial charge in [-0.05, 0) is 37.1 Å². The van der Waals surface area contributed by atoms with E-state index in [1.807, 2.05) is 4.68 Å². The molecule has 0 aliphatic heterocycles. The van der Waals surface area contributed by atoms with Crippen molar-refractivity contribution < 1.29 is 0 Å². The molecule has 1 heterocycles. The number of hydrogen-bond donors (Lipinski definition) is 0. The largest absolute Gasteiger partial charge is 0.247 e. The van der Waals surface area contributed by atoms with Gasteiger partial charge in [0.15, 0.2) is 0 Å². The van der Waals surface area contributed by atoms with Crippen molar-refractivity contribution in [3.8, 4) is 0 Å². The highest BCUT2D eigenvalue weighted by molar-refractivity contribution is 7.73. The van der Waals surface area contributed by atoms with Gasteiger partial charge in [0, 0.05) is 11.9 Å². The second kappa shape index (κ2) is 10.9. The number of aromatic nitrogens is 3. The molecule has 5 heteroatoms. The van der Waals surface area contributed by atoms with Crippen molar-refractivity contribution in [3.63, 3.8) is 0 Å². The number of nitrogens with zero attached hydrogens (tertiary/aromatic N) is 3. The predicted octanol–water partition coefficient (Wildman–Crippen LogP) is 5.56. The molecule has 168 valence electrons. The van der Waals surface area contributed by atoms with Crippen LogP contribution in [-0.4, -0.2) is 15.0 Å². The Bertz CT molecular complexity index is 1210. The Balaban J connectivity index is 1.45. The molecule has 0 saturated carbocycles. The first-order valence-electron chi connectivity index (χ1n) is 11.5. The van der Waals surface area contributed by atoms with Crippen LogP contribution >= 0.6 is 15.8 Å². The van der Waals surface area contributed by atoms with E-state index in [0.717, 1.165) is 12.0 Å². The van der Waals surface area contributed by atoms with Crippen LogP contribution in [0.4, 0.5) is 0 Å². The fourth-order valence-electron chi connectivity index (χ4n) is 4.15. The molecule has 0 spiro atoms. The third-order valence-corrected chi connectivity index (χ3v) is 11.0. The Morgan fingerprint density at radius 1 is 0.618 bits per heavy atom. The maximum absolute atomic E-state index is 4.67. The van der Waals surface area contributed by atoms with Gasteiger partial charge in [-0.25, -0.2) is 4.68 Å². The Hall–Kier alpha value is -3.12. The molecule has 3 nitrogen and oxygen atoms in total. The van der Waals surface area contributed by atoms with Gasteiger partial charge in [0.2, 0.25) is 0 Å². The Kier molecular flexibility index (Phi) is 7.25. The molecule has 0 N–H and O–H groups in total. The first-order chi connectivity index (χ1) is 16.8. The van der Waals surface area contributed by atoms with Gasteiger partial charge in [0.1, 0.15) is 0 Å². The van der Waals surface area contributed by atoms with E-state index in [2.05, 4.69) is 145 Å². The summed E-state index contributed by atoms with van der Waals surface area (Å²) in [4.78, 5) is 0. The van der Waals surface area contributed by atoms with Crippen molar-refractivity contribution >= 4 is 37.1 Å². The molecule has 34 heavy (non-hydrogen) atoms. The van der Waals surface area contributed by atoms with Gasteiger partial charge in [-0.2, -0.15) is 0 Å². The van der Waals surface area contributed by atoms with E-state index in [9.17, 15) is 0 Å². The van der Waals surface area contributed by atoms with Gasteiger partial charge >= 0.3 is 0 Å². The van der Waals surface area contributed by atoms with Crippen LogP contribution in [0.2, 0.25) is 0 Å². The molecule has 1 atom stereocenters. The predicted molar refractivity (Wildman–Crippen MR) is 147 cm³/mol. The summed E-state index contributed by atoms with van der Waals surface area (Å²) in [6.45, 7) is 2.29. The molecule has 0 aliphatic carbocycles. The average molecular weight is 480 g/mol. The fraction of sp³-hybridized carbons (Fsp3) is 0.103. The minimum absolute atomic E-state index is 0.258. The van der Waals surface area contributed by atoms with Crippen LogP contribution in [0.3, 0.4) is 0 Å². The van der Waals surface area contributed by atoms with Crippen molar-refractivity contribution in [2.75, 3.05) is 0 Å². The zero-order chi connectivity index (χ0) is 23.2. The lowest BCUT2D eigenvalue weighted by Crippen LogP contribution is -2.16. The molecule has 5 aromatic rings. The highest BCUT2D eigenvalue weighted by Crippen LogP contribution is 2.48. The van der Waals surface area contributed by atoms with Crippen molar-refractivity contribution in [2.45, 2.75) is 18.9 Å². The normalized spacial score (nSPS) is 12.2. The SMILES string of the molecule is CC(c1cn(CP(c2ccccc2)c2ccccc2)nn1)P(c1ccccc1)c1ccccc1. The Morgan fingerprint density at radius 2 is 1.03 bits per heavy atom. The van der Waals surface area contributed by atoms with Crippen LogP contribution in [0.5, 0.6) is 0 Å². The summed E-state index contributed by atoms with van der Waals surface area (Å²) in [7, 11) is -1.16. The topological polar surface area (TPSA) is 30.7 Å². The third-order valence-electron chi connectivity index (χ3n) is 5.86. The van der Waals surface area contributed by atoms with Crippen LogP contribution in [0.25, 0.3) is 0 Å². The Morgan fingerprint density at radius 3 is 1.47 bits per heavy atom. The van der Waals surface area contributed by atoms with Gasteiger partial charge < -0.3 is 0 Å². The lowest BCUT2D eigenvalue weighted by Gasteiger charge is -2.24. The molecule has 0 radical (unpaired) electrons. The van der Waals surface area contributed by atoms with Gasteiger partial charge in [-0.1, -0.05) is 133 Å². The van der Waals surface area contributed by atoms with E-state index in [4.69, 9.17) is 0 Å². The zero-order valence-electron chi connectivity index (χ0n) is 19.1. The van der Waals surface area contributed by atoms with E-state index in [-0.39, 0.29) is 5.66 Å². The standard InChI is InChI=1S/C29H27N3P2/c1-24(34(27-18-10-4-11-19-27)28-20-12-5-13-21-28)29-22-32(31-30-29)23-33(25-14-6-2-7-15-25)26-16-8-3-9-17-26/h2-22,24H,23H2,1H3. The van der Waals surface area contributed by atoms with Crippen molar-refractivity contribution in [3.05, 3.63) is 133 Å². The van der Waals surface area contributed by atoms with Crippen LogP contribution < -0.4 is 21.2 Å². The summed E-state index contributed by atoms with van der Waals surface area (Å²) in [6, 6.07) is 43.2. The van der Waals surface area contributed by atoms with Crippen molar-refractivity contribution in [2.24, 2.45) is 0 Å². The minimum Gasteiger partial charge on any atom is -0.247 e. The summed E-state index contributed by atoms with van der Waals surface area (Å²) in [5, 5.41) is 14.7. The van der Waals surface area contributed by atoms with Crippen molar-refractivity contribution in [1.82, 2.24) is 15.0 Å². The summed E-state index contributed by atoms with van der Waals surface area (Å²) in [5.41, 5.74) is 1.31. The molecule has 0 fully saturated rings. The van der Waals surface area contributed by atoms with Gasteiger partial charge in [-0.15, -0.1) is 5.10 Å². The number of hydrogen-bond acceptors (Lipinski definition) is 2. The molecule has 4 aromatic carbocycles. The highest BCUT2D eigenvalue weighted by atomic mass is 31.1. The lowest BCUT2D eigenvalue weighted by atomic mass is 10.3. The van der Waals surface area contributed by atoms with E-state index in [0.29, 0.717) is 0 Å². The summed E-state index contributed by atoms with van der Waals surface area (Å²) >= 11 is 0. The smallest absolute Gasteiger partial charge is 0.0904 e. The first-order valence-corrected chi connectivity index (χ1v) is 14.4. The third kappa shape index (κ3) is 5.17. The molecule has 0 aliphatic rings. The quantitative estimate of drug-likeness (QED) is 0.273. The minimum atomic E-state index is -0.594. The second-order valence-corrected chi connectivity index (χ2v) is 12.9. The highest BCUT2D eigenvalue weighted by Gasteiger charge is 2.25. The summed E-state index contributed by atoms with van der Waals surface area (Å²) < 4.78 is 2.04. The van der Waals surface area contributed by atoms with Crippen LogP contribution in [0, 0.1) is 0 Å². The molecule has 1 aromatic heterocycles. The molecule has 0 amide bonds. The molecular formula is C29H27N3P2. The van der Waals surface area contributed by atoms with Crippen LogP contribution in [0.15, 0.2) is 128 Å². The number of benzene rings is 4. The molecular weight excluding hydrogens is 452 g/mol. The van der Waals surface area contributed by atoms with E-state index < -0.39 is 15.8 Å². The summed E-state index contributed by atoms with van der Waals surface area (Å²) in [6.07, 6.45) is 2.98. The van der Waals surface area contributed by atoms with E-state index >= 15 is 0 Å². The average Bonchev–Trinajstić information content (AvgIpc) is 3.39. The molecule has 5 rings (SSSR count). The maximum atomic E-state index is 4.67. The van der Waals surface area contributed by atoms with Gasteiger partial charge in [0.25, 0.3) is 0 Å². The first kappa shape index (κ1) is 22.7. The Labute approximate surface area is 204 Å². The fourth-order valence-corrected chi connectivity index (χ4v) is 8.83. The monoisotopic (exact) mass is 479 g/mol. The second-order valence-electron chi connectivity index (χ2n) is 8.14. The molecule has 0 bridgehead atoms. The molecule has 1 unspecified atom stereocenters. The van der Waals surface area contributed by atoms with Crippen LogP contribution in [-0.2, 0) is 6.29 Å². The van der Waals surface area contributed by atoms with Crippen molar-refractivity contribution in [1.29, 1.82) is 0 Å².